The number of aliphatic hydroxyl groups is 1. The maximum absolute atomic E-state index is 11.9. The van der Waals surface area contributed by atoms with Crippen molar-refractivity contribution in [3.05, 3.63) is 68.3 Å². The van der Waals surface area contributed by atoms with Gasteiger partial charge in [0, 0.05) is 11.1 Å². The second-order valence-corrected chi connectivity index (χ2v) is 11.5. The number of thiazole rings is 1. The summed E-state index contributed by atoms with van der Waals surface area (Å²) in [5.41, 5.74) is 2.55. The van der Waals surface area contributed by atoms with Crippen molar-refractivity contribution in [1.29, 1.82) is 5.26 Å². The number of benzene rings is 2. The molecule has 0 amide bonds. The lowest BCUT2D eigenvalue weighted by molar-refractivity contribution is -0.116. The molecule has 0 radical (unpaired) electrons. The van der Waals surface area contributed by atoms with E-state index in [-0.39, 0.29) is 17.9 Å². The predicted octanol–water partition coefficient (Wildman–Crippen LogP) is 7.03. The topological polar surface area (TPSA) is 92.2 Å². The zero-order valence-electron chi connectivity index (χ0n) is 19.5. The van der Waals surface area contributed by atoms with E-state index in [1.54, 1.807) is 24.3 Å². The van der Waals surface area contributed by atoms with Gasteiger partial charge in [-0.3, -0.25) is 0 Å². The van der Waals surface area contributed by atoms with Crippen molar-refractivity contribution in [3.63, 3.8) is 0 Å². The van der Waals surface area contributed by atoms with Gasteiger partial charge in [-0.1, -0.05) is 34.4 Å². The van der Waals surface area contributed by atoms with E-state index in [4.69, 9.17) is 37.4 Å². The lowest BCUT2D eigenvalue weighted by Crippen LogP contribution is -2.44. The lowest BCUT2D eigenvalue weighted by Gasteiger charge is -2.41. The van der Waals surface area contributed by atoms with E-state index in [1.807, 2.05) is 19.1 Å². The molecular weight excluding hydrogens is 517 g/mol. The van der Waals surface area contributed by atoms with Crippen LogP contribution in [0.1, 0.15) is 47.6 Å². The Hall–Kier alpha value is -2.47. The van der Waals surface area contributed by atoms with E-state index in [1.165, 1.54) is 11.3 Å². The van der Waals surface area contributed by atoms with Gasteiger partial charge in [0.25, 0.3) is 0 Å². The molecule has 6 nitrogen and oxygen atoms in total. The quantitative estimate of drug-likeness (QED) is 0.292. The van der Waals surface area contributed by atoms with Gasteiger partial charge in [0.05, 0.1) is 44.6 Å². The summed E-state index contributed by atoms with van der Waals surface area (Å²) < 4.78 is 12.8. The number of nitrogens with zero attached hydrogens (tertiary/aromatic N) is 3. The number of hydrogen-bond acceptors (Lipinski definition) is 7. The first kappa shape index (κ1) is 23.9. The van der Waals surface area contributed by atoms with Crippen LogP contribution in [-0.4, -0.2) is 21.4 Å². The number of fused-ring (bicyclic) bond motifs is 3. The standard InChI is InChI=1S/C27H23Cl2N3O3S/c1-14-19(25(32-35-14)24-20(28)3-2-4-21(24)29)13-34-18-10-16-6-7-17(11-18)27(16,33)26-31-22-8-5-15(12-30)9-23(22)36-26/h2-5,8-9,16-18,33H,6-7,10-11,13H2,1H3/t16-,17+,18-,27-. The molecule has 2 aromatic heterocycles. The van der Waals surface area contributed by atoms with Gasteiger partial charge in [-0.05, 0) is 74.8 Å². The van der Waals surface area contributed by atoms with Crippen molar-refractivity contribution in [2.24, 2.45) is 11.8 Å². The van der Waals surface area contributed by atoms with Gasteiger partial charge in [0.2, 0.25) is 0 Å². The average molecular weight is 540 g/mol. The van der Waals surface area contributed by atoms with Crippen LogP contribution in [-0.2, 0) is 16.9 Å². The molecule has 4 atom stereocenters. The molecule has 2 fully saturated rings. The third kappa shape index (κ3) is 3.84. The highest BCUT2D eigenvalue weighted by Gasteiger charge is 2.56. The smallest absolute Gasteiger partial charge is 0.139 e. The second kappa shape index (κ2) is 9.13. The zero-order chi connectivity index (χ0) is 25.0. The third-order valence-corrected chi connectivity index (χ3v) is 9.50. The SMILES string of the molecule is Cc1onc(-c2c(Cl)cccc2Cl)c1CO[C@@H]1C[C@H]2CC[C@@H](C1)[C@@]2(O)c1nc2ccc(C#N)cc2s1. The van der Waals surface area contributed by atoms with Crippen molar-refractivity contribution in [3.8, 4) is 17.3 Å². The number of hydrogen-bond donors (Lipinski definition) is 1. The van der Waals surface area contributed by atoms with Crippen LogP contribution in [0.4, 0.5) is 0 Å². The summed E-state index contributed by atoms with van der Waals surface area (Å²) in [5, 5.41) is 27.1. The fraction of sp³-hybridized carbons (Fsp3) is 0.370. The van der Waals surface area contributed by atoms with Crippen LogP contribution in [0.3, 0.4) is 0 Å². The van der Waals surface area contributed by atoms with Gasteiger partial charge < -0.3 is 14.4 Å². The summed E-state index contributed by atoms with van der Waals surface area (Å²) in [6.45, 7) is 2.18. The van der Waals surface area contributed by atoms with Crippen LogP contribution >= 0.6 is 34.5 Å². The molecule has 2 aliphatic rings. The zero-order valence-corrected chi connectivity index (χ0v) is 21.8. The molecule has 2 aliphatic carbocycles. The van der Waals surface area contributed by atoms with Gasteiger partial charge in [-0.25, -0.2) is 4.98 Å². The Labute approximate surface area is 222 Å². The summed E-state index contributed by atoms with van der Waals surface area (Å²) in [5.74, 6) is 0.805. The first-order valence-electron chi connectivity index (χ1n) is 11.9. The molecular formula is C27H23Cl2N3O3S. The molecule has 4 aromatic rings. The van der Waals surface area contributed by atoms with Crippen molar-refractivity contribution in [2.75, 3.05) is 0 Å². The Kier molecular flexibility index (Phi) is 6.06. The first-order chi connectivity index (χ1) is 17.4. The van der Waals surface area contributed by atoms with Crippen LogP contribution in [0.15, 0.2) is 40.9 Å². The molecule has 0 unspecified atom stereocenters. The van der Waals surface area contributed by atoms with Crippen molar-refractivity contribution >= 4 is 44.8 Å². The molecule has 0 aliphatic heterocycles. The van der Waals surface area contributed by atoms with Crippen LogP contribution in [0.2, 0.25) is 10.0 Å². The molecule has 9 heteroatoms. The highest BCUT2D eigenvalue weighted by atomic mass is 35.5. The van der Waals surface area contributed by atoms with Gasteiger partial charge >= 0.3 is 0 Å². The summed E-state index contributed by atoms with van der Waals surface area (Å²) in [7, 11) is 0. The minimum absolute atomic E-state index is 0.00575. The van der Waals surface area contributed by atoms with E-state index in [0.29, 0.717) is 39.2 Å². The molecule has 6 rings (SSSR count). The number of nitriles is 1. The van der Waals surface area contributed by atoms with Crippen LogP contribution in [0, 0.1) is 30.1 Å². The maximum atomic E-state index is 11.9. The highest BCUT2D eigenvalue weighted by Crippen LogP contribution is 2.56. The lowest BCUT2D eigenvalue weighted by atomic mass is 9.73. The highest BCUT2D eigenvalue weighted by molar-refractivity contribution is 7.18. The van der Waals surface area contributed by atoms with Gasteiger partial charge in [0.1, 0.15) is 22.1 Å². The fourth-order valence-electron chi connectivity index (χ4n) is 5.84. The first-order valence-corrected chi connectivity index (χ1v) is 13.5. The van der Waals surface area contributed by atoms with E-state index < -0.39 is 5.60 Å². The summed E-state index contributed by atoms with van der Waals surface area (Å²) in [6.07, 6.45) is 3.38. The number of aryl methyl sites for hydroxylation is 1. The van der Waals surface area contributed by atoms with E-state index in [9.17, 15) is 10.4 Å². The second-order valence-electron chi connectivity index (χ2n) is 9.68. The van der Waals surface area contributed by atoms with E-state index >= 15 is 0 Å². The summed E-state index contributed by atoms with van der Waals surface area (Å²) in [4.78, 5) is 4.78. The van der Waals surface area contributed by atoms with Crippen molar-refractivity contribution in [2.45, 2.75) is 50.9 Å². The van der Waals surface area contributed by atoms with Crippen LogP contribution in [0.25, 0.3) is 21.5 Å². The Morgan fingerprint density at radius 2 is 1.92 bits per heavy atom. The molecule has 2 bridgehead atoms. The number of ether oxygens (including phenoxy) is 1. The Morgan fingerprint density at radius 1 is 1.19 bits per heavy atom. The largest absolute Gasteiger partial charge is 0.382 e. The molecule has 36 heavy (non-hydrogen) atoms. The minimum atomic E-state index is -0.959. The van der Waals surface area contributed by atoms with E-state index in [0.717, 1.165) is 46.5 Å². The predicted molar refractivity (Wildman–Crippen MR) is 139 cm³/mol. The minimum Gasteiger partial charge on any atom is -0.382 e. The van der Waals surface area contributed by atoms with Gasteiger partial charge in [-0.2, -0.15) is 5.26 Å². The summed E-state index contributed by atoms with van der Waals surface area (Å²) >= 11 is 14.3. The summed E-state index contributed by atoms with van der Waals surface area (Å²) in [6, 6.07) is 13.0. The molecule has 1 N–H and O–H groups in total. The van der Waals surface area contributed by atoms with Crippen molar-refractivity contribution in [1.82, 2.24) is 10.1 Å². The maximum Gasteiger partial charge on any atom is 0.139 e. The third-order valence-electron chi connectivity index (χ3n) is 7.71. The molecule has 0 spiro atoms. The molecule has 2 aromatic carbocycles. The number of aromatic nitrogens is 2. The number of halogens is 2. The van der Waals surface area contributed by atoms with Crippen LogP contribution < -0.4 is 0 Å². The van der Waals surface area contributed by atoms with Crippen molar-refractivity contribution < 1.29 is 14.4 Å². The number of rotatable bonds is 5. The van der Waals surface area contributed by atoms with Gasteiger partial charge in [-0.15, -0.1) is 11.3 Å². The Morgan fingerprint density at radius 3 is 2.61 bits per heavy atom. The Bertz CT molecular complexity index is 1470. The molecule has 184 valence electrons. The molecule has 2 heterocycles. The molecule has 2 saturated carbocycles. The van der Waals surface area contributed by atoms with E-state index in [2.05, 4.69) is 11.2 Å². The average Bonchev–Trinajstić information content (AvgIpc) is 3.49. The van der Waals surface area contributed by atoms with Gasteiger partial charge in [0.15, 0.2) is 0 Å². The monoisotopic (exact) mass is 539 g/mol. The van der Waals surface area contributed by atoms with Crippen LogP contribution in [0.5, 0.6) is 0 Å². The fourth-order valence-corrected chi connectivity index (χ4v) is 7.67. The molecule has 0 saturated heterocycles. The Balaban J connectivity index is 1.21. The normalized spacial score (nSPS) is 25.4.